The predicted octanol–water partition coefficient (Wildman–Crippen LogP) is 0.141. The highest BCUT2D eigenvalue weighted by molar-refractivity contribution is 5.87. The van der Waals surface area contributed by atoms with Crippen molar-refractivity contribution < 1.29 is 14.7 Å². The van der Waals surface area contributed by atoms with Crippen molar-refractivity contribution in [2.75, 3.05) is 13.2 Å². The normalized spacial score (nSPS) is 13.4. The van der Waals surface area contributed by atoms with Gasteiger partial charge in [-0.05, 0) is 11.5 Å². The van der Waals surface area contributed by atoms with Crippen LogP contribution in [0.3, 0.4) is 0 Å². The van der Waals surface area contributed by atoms with E-state index in [2.05, 4.69) is 10.6 Å². The average Bonchev–Trinajstić information content (AvgIpc) is 2.42. The Bertz CT molecular complexity index is 422. The molecular weight excluding hydrogens is 246 g/mol. The second kappa shape index (κ2) is 7.38. The second-order valence-corrected chi connectivity index (χ2v) is 4.39. The van der Waals surface area contributed by atoms with Gasteiger partial charge in [0.15, 0.2) is 0 Å². The zero-order chi connectivity index (χ0) is 14.3. The highest BCUT2D eigenvalue weighted by Gasteiger charge is 2.21. The summed E-state index contributed by atoms with van der Waals surface area (Å²) in [5.41, 5.74) is 5.73. The number of primary amides is 1. The summed E-state index contributed by atoms with van der Waals surface area (Å²) in [4.78, 5) is 23.0. The van der Waals surface area contributed by atoms with Crippen LogP contribution < -0.4 is 16.4 Å². The zero-order valence-electron chi connectivity index (χ0n) is 10.8. The van der Waals surface area contributed by atoms with Gasteiger partial charge in [-0.1, -0.05) is 37.3 Å². The third-order valence-corrected chi connectivity index (χ3v) is 2.62. The highest BCUT2D eigenvalue weighted by Crippen LogP contribution is 2.12. The van der Waals surface area contributed by atoms with Crippen molar-refractivity contribution in [1.82, 2.24) is 10.6 Å². The molecule has 6 nitrogen and oxygen atoms in total. The second-order valence-electron chi connectivity index (χ2n) is 4.39. The van der Waals surface area contributed by atoms with E-state index < -0.39 is 12.1 Å². The Kier molecular flexibility index (Phi) is 5.81. The van der Waals surface area contributed by atoms with Crippen LogP contribution in [0.15, 0.2) is 30.3 Å². The fourth-order valence-corrected chi connectivity index (χ4v) is 1.53. The Labute approximate surface area is 112 Å². The molecule has 2 atom stereocenters. The molecule has 2 unspecified atom stereocenters. The Morgan fingerprint density at radius 1 is 1.32 bits per heavy atom. The first-order valence-corrected chi connectivity index (χ1v) is 6.04. The fourth-order valence-electron chi connectivity index (χ4n) is 1.53. The van der Waals surface area contributed by atoms with Gasteiger partial charge < -0.3 is 21.5 Å². The van der Waals surface area contributed by atoms with E-state index in [1.807, 2.05) is 6.07 Å². The summed E-state index contributed by atoms with van der Waals surface area (Å²) in [6, 6.07) is 7.23. The maximum absolute atomic E-state index is 12.0. The van der Waals surface area contributed by atoms with E-state index in [-0.39, 0.29) is 18.4 Å². The van der Waals surface area contributed by atoms with E-state index in [1.54, 1.807) is 31.2 Å². The van der Waals surface area contributed by atoms with Crippen molar-refractivity contribution in [3.05, 3.63) is 35.9 Å². The zero-order valence-corrected chi connectivity index (χ0v) is 10.8. The first kappa shape index (κ1) is 15.0. The maximum atomic E-state index is 12.0. The van der Waals surface area contributed by atoms with Crippen molar-refractivity contribution in [2.24, 2.45) is 11.7 Å². The SMILES string of the molecule is CC(CO)CNC(=O)C(NC(N)=O)c1ccccc1. The maximum Gasteiger partial charge on any atom is 0.313 e. The van der Waals surface area contributed by atoms with Crippen LogP contribution in [-0.2, 0) is 4.79 Å². The number of nitrogens with two attached hydrogens (primary N) is 1. The summed E-state index contributed by atoms with van der Waals surface area (Å²) in [5.74, 6) is -0.403. The van der Waals surface area contributed by atoms with Gasteiger partial charge in [0.1, 0.15) is 6.04 Å². The molecule has 0 fully saturated rings. The molecule has 0 aliphatic carbocycles. The number of hydrogen-bond acceptors (Lipinski definition) is 3. The molecule has 3 amide bonds. The lowest BCUT2D eigenvalue weighted by Gasteiger charge is -2.18. The number of aliphatic hydroxyl groups excluding tert-OH is 1. The van der Waals surface area contributed by atoms with Gasteiger partial charge >= 0.3 is 6.03 Å². The topological polar surface area (TPSA) is 104 Å². The number of benzene rings is 1. The average molecular weight is 265 g/mol. The Hall–Kier alpha value is -2.08. The van der Waals surface area contributed by atoms with Gasteiger partial charge in [-0.2, -0.15) is 0 Å². The molecule has 1 aromatic carbocycles. The molecule has 0 heterocycles. The molecule has 19 heavy (non-hydrogen) atoms. The molecule has 0 aliphatic rings. The van der Waals surface area contributed by atoms with Gasteiger partial charge in [-0.15, -0.1) is 0 Å². The quantitative estimate of drug-likeness (QED) is 0.588. The van der Waals surface area contributed by atoms with Gasteiger partial charge in [0.2, 0.25) is 5.91 Å². The lowest BCUT2D eigenvalue weighted by molar-refractivity contribution is -0.123. The summed E-state index contributed by atoms with van der Waals surface area (Å²) in [6.45, 7) is 2.12. The van der Waals surface area contributed by atoms with E-state index in [1.165, 1.54) is 0 Å². The van der Waals surface area contributed by atoms with Gasteiger partial charge in [0.05, 0.1) is 0 Å². The molecule has 0 saturated heterocycles. The van der Waals surface area contributed by atoms with Gasteiger partial charge in [0, 0.05) is 13.2 Å². The number of hydrogen-bond donors (Lipinski definition) is 4. The van der Waals surface area contributed by atoms with E-state index in [4.69, 9.17) is 10.8 Å². The van der Waals surface area contributed by atoms with E-state index in [0.717, 1.165) is 0 Å². The highest BCUT2D eigenvalue weighted by atomic mass is 16.3. The first-order chi connectivity index (χ1) is 9.04. The van der Waals surface area contributed by atoms with Crippen LogP contribution in [-0.4, -0.2) is 30.2 Å². The third kappa shape index (κ3) is 4.97. The molecule has 0 aromatic heterocycles. The standard InChI is InChI=1S/C13H19N3O3/c1-9(8-17)7-15-12(18)11(16-13(14)19)10-5-3-2-4-6-10/h2-6,9,11,17H,7-8H2,1H3,(H,15,18)(H3,14,16,19). The first-order valence-electron chi connectivity index (χ1n) is 6.04. The number of nitrogens with one attached hydrogen (secondary N) is 2. The summed E-state index contributed by atoms with van der Waals surface area (Å²) in [7, 11) is 0. The molecule has 0 aliphatic heterocycles. The van der Waals surface area contributed by atoms with Crippen LogP contribution in [0.5, 0.6) is 0 Å². The molecule has 5 N–H and O–H groups in total. The van der Waals surface area contributed by atoms with Crippen LogP contribution in [0, 0.1) is 5.92 Å². The van der Waals surface area contributed by atoms with Crippen molar-refractivity contribution >= 4 is 11.9 Å². The van der Waals surface area contributed by atoms with Gasteiger partial charge in [-0.3, -0.25) is 4.79 Å². The minimum Gasteiger partial charge on any atom is -0.396 e. The summed E-state index contributed by atoms with van der Waals surface area (Å²) in [6.07, 6.45) is 0. The van der Waals surface area contributed by atoms with Crippen LogP contribution in [0.1, 0.15) is 18.5 Å². The Morgan fingerprint density at radius 3 is 2.47 bits per heavy atom. The number of amides is 3. The molecular formula is C13H19N3O3. The summed E-state index contributed by atoms with van der Waals surface area (Å²) < 4.78 is 0. The molecule has 0 bridgehead atoms. The number of aliphatic hydroxyl groups is 1. The minimum absolute atomic E-state index is 0.0144. The fraction of sp³-hybridized carbons (Fsp3) is 0.385. The summed E-state index contributed by atoms with van der Waals surface area (Å²) >= 11 is 0. The molecule has 1 aromatic rings. The predicted molar refractivity (Wildman–Crippen MR) is 71.2 cm³/mol. The van der Waals surface area contributed by atoms with E-state index in [0.29, 0.717) is 12.1 Å². The number of rotatable bonds is 6. The van der Waals surface area contributed by atoms with E-state index in [9.17, 15) is 9.59 Å². The molecule has 0 saturated carbocycles. The summed E-state index contributed by atoms with van der Waals surface area (Å²) in [5, 5.41) is 14.0. The molecule has 0 radical (unpaired) electrons. The number of carbonyl (C=O) groups excluding carboxylic acids is 2. The lowest BCUT2D eigenvalue weighted by atomic mass is 10.1. The van der Waals surface area contributed by atoms with Gasteiger partial charge in [0.25, 0.3) is 0 Å². The molecule has 1 rings (SSSR count). The van der Waals surface area contributed by atoms with Gasteiger partial charge in [-0.25, -0.2) is 4.79 Å². The monoisotopic (exact) mass is 265 g/mol. The minimum atomic E-state index is -0.829. The Morgan fingerprint density at radius 2 is 1.95 bits per heavy atom. The molecule has 104 valence electrons. The van der Waals surface area contributed by atoms with Crippen LogP contribution in [0.25, 0.3) is 0 Å². The van der Waals surface area contributed by atoms with Crippen molar-refractivity contribution in [2.45, 2.75) is 13.0 Å². The van der Waals surface area contributed by atoms with Crippen LogP contribution in [0.4, 0.5) is 4.79 Å². The third-order valence-electron chi connectivity index (χ3n) is 2.62. The van der Waals surface area contributed by atoms with E-state index >= 15 is 0 Å². The van der Waals surface area contributed by atoms with Crippen molar-refractivity contribution in [3.8, 4) is 0 Å². The Balaban J connectivity index is 2.74. The number of urea groups is 1. The van der Waals surface area contributed by atoms with Crippen LogP contribution in [0.2, 0.25) is 0 Å². The molecule has 6 heteroatoms. The largest absolute Gasteiger partial charge is 0.396 e. The smallest absolute Gasteiger partial charge is 0.313 e. The lowest BCUT2D eigenvalue weighted by Crippen LogP contribution is -2.43. The van der Waals surface area contributed by atoms with Crippen LogP contribution >= 0.6 is 0 Å². The van der Waals surface area contributed by atoms with Crippen molar-refractivity contribution in [3.63, 3.8) is 0 Å². The molecule has 0 spiro atoms. The number of carbonyl (C=O) groups is 2. The van der Waals surface area contributed by atoms with Crippen molar-refractivity contribution in [1.29, 1.82) is 0 Å².